The van der Waals surface area contributed by atoms with Crippen LogP contribution in [0.15, 0.2) is 66.7 Å². The maximum absolute atomic E-state index is 12.4. The van der Waals surface area contributed by atoms with Crippen molar-refractivity contribution in [1.29, 1.82) is 0 Å². The number of carboxylic acids is 1. The van der Waals surface area contributed by atoms with E-state index < -0.39 is 12.0 Å². The van der Waals surface area contributed by atoms with Crippen LogP contribution in [0, 0.1) is 13.8 Å². The highest BCUT2D eigenvalue weighted by Gasteiger charge is 2.21. The van der Waals surface area contributed by atoms with Gasteiger partial charge in [0.05, 0.1) is 6.42 Å². The average molecular weight is 422 g/mol. The van der Waals surface area contributed by atoms with E-state index in [4.69, 9.17) is 11.6 Å². The Morgan fingerprint density at radius 2 is 1.47 bits per heavy atom. The molecule has 0 saturated carbocycles. The summed E-state index contributed by atoms with van der Waals surface area (Å²) in [6.07, 6.45) is 0.244. The molecule has 0 aliphatic rings. The largest absolute Gasteiger partial charge is 0.480 e. The summed E-state index contributed by atoms with van der Waals surface area (Å²) in [5.41, 5.74) is 5.87. The Morgan fingerprint density at radius 3 is 2.07 bits per heavy atom. The first kappa shape index (κ1) is 21.6. The lowest BCUT2D eigenvalue weighted by molar-refractivity contribution is -0.141. The van der Waals surface area contributed by atoms with E-state index in [-0.39, 0.29) is 18.7 Å². The molecule has 0 aliphatic heterocycles. The van der Waals surface area contributed by atoms with Crippen molar-refractivity contribution >= 4 is 23.5 Å². The van der Waals surface area contributed by atoms with Crippen molar-refractivity contribution in [3.63, 3.8) is 0 Å². The quantitative estimate of drug-likeness (QED) is 0.565. The molecule has 0 bridgehead atoms. The first-order valence-electron chi connectivity index (χ1n) is 9.75. The van der Waals surface area contributed by atoms with Crippen molar-refractivity contribution in [1.82, 2.24) is 5.32 Å². The Morgan fingerprint density at radius 1 is 0.900 bits per heavy atom. The first-order valence-corrected chi connectivity index (χ1v) is 10.1. The van der Waals surface area contributed by atoms with Crippen LogP contribution in [-0.4, -0.2) is 23.0 Å². The van der Waals surface area contributed by atoms with E-state index in [1.807, 2.05) is 50.2 Å². The van der Waals surface area contributed by atoms with Gasteiger partial charge >= 0.3 is 5.97 Å². The van der Waals surface area contributed by atoms with Gasteiger partial charge in [-0.05, 0) is 42.2 Å². The summed E-state index contributed by atoms with van der Waals surface area (Å²) >= 11 is 6.15. The summed E-state index contributed by atoms with van der Waals surface area (Å²) < 4.78 is 0. The molecule has 3 rings (SSSR count). The van der Waals surface area contributed by atoms with E-state index >= 15 is 0 Å². The second-order valence-corrected chi connectivity index (χ2v) is 7.90. The van der Waals surface area contributed by atoms with Gasteiger partial charge < -0.3 is 10.4 Å². The molecule has 0 spiro atoms. The minimum atomic E-state index is -1.07. The van der Waals surface area contributed by atoms with Crippen molar-refractivity contribution in [3.05, 3.63) is 94.0 Å². The minimum absolute atomic E-state index is 0.0383. The molecule has 0 aromatic heterocycles. The van der Waals surface area contributed by atoms with Gasteiger partial charge in [0, 0.05) is 11.4 Å². The van der Waals surface area contributed by atoms with E-state index in [2.05, 4.69) is 29.6 Å². The fourth-order valence-corrected chi connectivity index (χ4v) is 3.46. The van der Waals surface area contributed by atoms with Crippen LogP contribution in [0.3, 0.4) is 0 Å². The zero-order valence-corrected chi connectivity index (χ0v) is 17.7. The Balaban J connectivity index is 1.66. The number of hydrogen-bond donors (Lipinski definition) is 2. The van der Waals surface area contributed by atoms with Crippen molar-refractivity contribution in [2.24, 2.45) is 0 Å². The van der Waals surface area contributed by atoms with E-state index in [1.165, 1.54) is 5.56 Å². The maximum atomic E-state index is 12.4. The van der Waals surface area contributed by atoms with E-state index in [0.717, 1.165) is 22.3 Å². The molecule has 1 atom stereocenters. The highest BCUT2D eigenvalue weighted by Crippen LogP contribution is 2.21. The van der Waals surface area contributed by atoms with Gasteiger partial charge in [0.1, 0.15) is 6.04 Å². The van der Waals surface area contributed by atoms with Crippen LogP contribution in [0.5, 0.6) is 0 Å². The molecule has 5 heteroatoms. The van der Waals surface area contributed by atoms with Crippen molar-refractivity contribution in [3.8, 4) is 11.1 Å². The van der Waals surface area contributed by atoms with E-state index in [0.29, 0.717) is 10.6 Å². The minimum Gasteiger partial charge on any atom is -0.480 e. The van der Waals surface area contributed by atoms with Crippen LogP contribution >= 0.6 is 11.6 Å². The van der Waals surface area contributed by atoms with Gasteiger partial charge in [-0.25, -0.2) is 4.79 Å². The number of halogens is 1. The third kappa shape index (κ3) is 5.71. The van der Waals surface area contributed by atoms with Crippen LogP contribution in [0.25, 0.3) is 11.1 Å². The Hall–Kier alpha value is -3.11. The molecule has 2 N–H and O–H groups in total. The standard InChI is InChI=1S/C25H24ClNO3/c1-16-3-8-19(9-4-16)20-10-6-18(7-11-20)14-23(25(29)30)27-24(28)15-21-13-17(2)5-12-22(21)26/h3-13,23H,14-15H2,1-2H3,(H,27,28)(H,29,30). The third-order valence-corrected chi connectivity index (χ3v) is 5.33. The molecule has 0 aliphatic carbocycles. The molecule has 0 heterocycles. The van der Waals surface area contributed by atoms with Crippen molar-refractivity contribution in [2.75, 3.05) is 0 Å². The lowest BCUT2D eigenvalue weighted by Crippen LogP contribution is -2.43. The number of carbonyl (C=O) groups excluding carboxylic acids is 1. The summed E-state index contributed by atoms with van der Waals surface area (Å²) in [5.74, 6) is -1.44. The smallest absolute Gasteiger partial charge is 0.326 e. The fraction of sp³-hybridized carbons (Fsp3) is 0.200. The molecule has 0 radical (unpaired) electrons. The number of amides is 1. The summed E-state index contributed by atoms with van der Waals surface area (Å²) in [4.78, 5) is 24.1. The van der Waals surface area contributed by atoms with Gasteiger partial charge in [-0.1, -0.05) is 83.4 Å². The normalized spacial score (nSPS) is 11.7. The zero-order chi connectivity index (χ0) is 21.7. The average Bonchev–Trinajstić information content (AvgIpc) is 2.71. The first-order chi connectivity index (χ1) is 14.3. The lowest BCUT2D eigenvalue weighted by atomic mass is 10.00. The lowest BCUT2D eigenvalue weighted by Gasteiger charge is -2.15. The maximum Gasteiger partial charge on any atom is 0.326 e. The highest BCUT2D eigenvalue weighted by atomic mass is 35.5. The number of benzene rings is 3. The molecule has 0 fully saturated rings. The van der Waals surface area contributed by atoms with Gasteiger partial charge in [-0.15, -0.1) is 0 Å². The van der Waals surface area contributed by atoms with Crippen molar-refractivity contribution in [2.45, 2.75) is 32.7 Å². The predicted molar refractivity (Wildman–Crippen MR) is 120 cm³/mol. The molecule has 154 valence electrons. The van der Waals surface area contributed by atoms with Crippen LogP contribution in [0.1, 0.15) is 22.3 Å². The Bertz CT molecular complexity index is 1040. The SMILES string of the molecule is Cc1ccc(-c2ccc(CC(NC(=O)Cc3cc(C)ccc3Cl)C(=O)O)cc2)cc1. The van der Waals surface area contributed by atoms with Gasteiger partial charge in [0.15, 0.2) is 0 Å². The fourth-order valence-electron chi connectivity index (χ4n) is 3.27. The molecule has 1 amide bonds. The molecule has 3 aromatic rings. The second kappa shape index (κ2) is 9.59. The second-order valence-electron chi connectivity index (χ2n) is 7.50. The van der Waals surface area contributed by atoms with Gasteiger partial charge in [0.25, 0.3) is 0 Å². The molecule has 4 nitrogen and oxygen atoms in total. The topological polar surface area (TPSA) is 66.4 Å². The van der Waals surface area contributed by atoms with E-state index in [9.17, 15) is 14.7 Å². The number of carboxylic acid groups (broad SMARTS) is 1. The highest BCUT2D eigenvalue weighted by molar-refractivity contribution is 6.31. The summed E-state index contributed by atoms with van der Waals surface area (Å²) in [7, 11) is 0. The molecular formula is C25H24ClNO3. The number of aliphatic carboxylic acids is 1. The van der Waals surface area contributed by atoms with Crippen LogP contribution < -0.4 is 5.32 Å². The number of nitrogens with one attached hydrogen (secondary N) is 1. The molecule has 0 saturated heterocycles. The number of rotatable bonds is 7. The number of hydrogen-bond acceptors (Lipinski definition) is 2. The zero-order valence-electron chi connectivity index (χ0n) is 17.0. The van der Waals surface area contributed by atoms with Gasteiger partial charge in [0.2, 0.25) is 5.91 Å². The summed E-state index contributed by atoms with van der Waals surface area (Å²) in [6.45, 7) is 3.96. The molecular weight excluding hydrogens is 398 g/mol. The molecule has 1 unspecified atom stereocenters. The van der Waals surface area contributed by atoms with Crippen LogP contribution in [-0.2, 0) is 22.4 Å². The Labute approximate surface area is 181 Å². The van der Waals surface area contributed by atoms with Gasteiger partial charge in [-0.2, -0.15) is 0 Å². The Kier molecular flexibility index (Phi) is 6.91. The monoisotopic (exact) mass is 421 g/mol. The van der Waals surface area contributed by atoms with Crippen LogP contribution in [0.4, 0.5) is 0 Å². The molecule has 3 aromatic carbocycles. The number of carbonyl (C=O) groups is 2. The predicted octanol–water partition coefficient (Wildman–Crippen LogP) is 4.98. The summed E-state index contributed by atoms with van der Waals surface area (Å²) in [5, 5.41) is 12.7. The van der Waals surface area contributed by atoms with E-state index in [1.54, 1.807) is 6.07 Å². The molecule has 30 heavy (non-hydrogen) atoms. The van der Waals surface area contributed by atoms with Crippen LogP contribution in [0.2, 0.25) is 5.02 Å². The van der Waals surface area contributed by atoms with Gasteiger partial charge in [-0.3, -0.25) is 4.79 Å². The van der Waals surface area contributed by atoms with Crippen molar-refractivity contribution < 1.29 is 14.7 Å². The third-order valence-electron chi connectivity index (χ3n) is 4.96. The summed E-state index contributed by atoms with van der Waals surface area (Å²) in [6, 6.07) is 20.4. The number of aryl methyl sites for hydroxylation is 2.